The highest BCUT2D eigenvalue weighted by molar-refractivity contribution is 14.1. The number of rotatable bonds is 6. The van der Waals surface area contributed by atoms with Crippen molar-refractivity contribution in [2.24, 2.45) is 0 Å². The number of likely N-dealkylation sites (N-methyl/N-ethyl adjacent to an activating group) is 1. The molecule has 6 heteroatoms. The van der Waals surface area contributed by atoms with Gasteiger partial charge >= 0.3 is 0 Å². The van der Waals surface area contributed by atoms with Crippen molar-refractivity contribution in [2.75, 3.05) is 33.1 Å². The van der Waals surface area contributed by atoms with Crippen LogP contribution in [0.15, 0.2) is 36.8 Å². The van der Waals surface area contributed by atoms with E-state index in [0.717, 1.165) is 21.7 Å². The molecule has 1 unspecified atom stereocenters. The molecule has 0 aliphatic carbocycles. The lowest BCUT2D eigenvalue weighted by molar-refractivity contribution is 0.310. The summed E-state index contributed by atoms with van der Waals surface area (Å²) in [5, 5.41) is 3.39. The van der Waals surface area contributed by atoms with Crippen molar-refractivity contribution in [3.63, 3.8) is 0 Å². The highest BCUT2D eigenvalue weighted by Crippen LogP contribution is 2.23. The molecule has 21 heavy (non-hydrogen) atoms. The van der Waals surface area contributed by atoms with Crippen LogP contribution in [-0.4, -0.2) is 42.6 Å². The van der Waals surface area contributed by atoms with Crippen LogP contribution in [0.2, 0.25) is 0 Å². The SMILES string of the molecule is COc1cccc(C(CNc2ncncc2I)N(C)C)c1. The first kappa shape index (κ1) is 16.0. The first-order valence-corrected chi connectivity index (χ1v) is 7.69. The zero-order valence-electron chi connectivity index (χ0n) is 12.4. The van der Waals surface area contributed by atoms with Gasteiger partial charge in [-0.1, -0.05) is 12.1 Å². The van der Waals surface area contributed by atoms with E-state index in [0.29, 0.717) is 0 Å². The van der Waals surface area contributed by atoms with Gasteiger partial charge in [0, 0.05) is 12.7 Å². The van der Waals surface area contributed by atoms with Crippen LogP contribution in [-0.2, 0) is 0 Å². The topological polar surface area (TPSA) is 50.3 Å². The fraction of sp³-hybridized carbons (Fsp3) is 0.333. The summed E-state index contributed by atoms with van der Waals surface area (Å²) in [5.41, 5.74) is 1.20. The molecule has 5 nitrogen and oxygen atoms in total. The van der Waals surface area contributed by atoms with E-state index in [1.165, 1.54) is 5.56 Å². The van der Waals surface area contributed by atoms with E-state index < -0.39 is 0 Å². The molecule has 0 fully saturated rings. The Morgan fingerprint density at radius 1 is 1.38 bits per heavy atom. The number of hydrogen-bond acceptors (Lipinski definition) is 5. The second-order valence-electron chi connectivity index (χ2n) is 4.86. The van der Waals surface area contributed by atoms with Crippen LogP contribution in [0.5, 0.6) is 5.75 Å². The van der Waals surface area contributed by atoms with E-state index in [1.54, 1.807) is 19.6 Å². The molecule has 0 amide bonds. The van der Waals surface area contributed by atoms with Crippen molar-refractivity contribution in [1.82, 2.24) is 14.9 Å². The lowest BCUT2D eigenvalue weighted by Gasteiger charge is -2.25. The molecule has 0 aliphatic heterocycles. The molecular weight excluding hydrogens is 379 g/mol. The average Bonchev–Trinajstić information content (AvgIpc) is 2.49. The summed E-state index contributed by atoms with van der Waals surface area (Å²) in [5.74, 6) is 1.73. The summed E-state index contributed by atoms with van der Waals surface area (Å²) < 4.78 is 6.32. The van der Waals surface area contributed by atoms with Crippen LogP contribution < -0.4 is 10.1 Å². The van der Waals surface area contributed by atoms with E-state index in [-0.39, 0.29) is 6.04 Å². The minimum absolute atomic E-state index is 0.228. The third-order valence-corrected chi connectivity index (χ3v) is 4.02. The van der Waals surface area contributed by atoms with Crippen molar-refractivity contribution in [3.8, 4) is 5.75 Å². The number of benzene rings is 1. The summed E-state index contributed by atoms with van der Waals surface area (Å²) in [6.07, 6.45) is 3.35. The number of hydrogen-bond donors (Lipinski definition) is 1. The molecule has 0 saturated carbocycles. The lowest BCUT2D eigenvalue weighted by Crippen LogP contribution is -2.27. The highest BCUT2D eigenvalue weighted by Gasteiger charge is 2.15. The summed E-state index contributed by atoms with van der Waals surface area (Å²) in [4.78, 5) is 10.4. The van der Waals surface area contributed by atoms with Crippen LogP contribution in [0.4, 0.5) is 5.82 Å². The fourth-order valence-electron chi connectivity index (χ4n) is 2.08. The second-order valence-corrected chi connectivity index (χ2v) is 6.02. The molecule has 112 valence electrons. The molecule has 0 bridgehead atoms. The standard InChI is InChI=1S/C15H19IN4O/c1-20(2)14(11-5-4-6-12(7-11)21-3)9-18-15-13(16)8-17-10-19-15/h4-8,10,14H,9H2,1-3H3,(H,17,18,19). The summed E-state index contributed by atoms with van der Waals surface area (Å²) in [6.45, 7) is 0.757. The summed E-state index contributed by atoms with van der Waals surface area (Å²) in [7, 11) is 5.82. The van der Waals surface area contributed by atoms with Gasteiger partial charge in [0.05, 0.1) is 16.7 Å². The molecule has 0 aliphatic rings. The van der Waals surface area contributed by atoms with E-state index >= 15 is 0 Å². The smallest absolute Gasteiger partial charge is 0.142 e. The maximum absolute atomic E-state index is 5.31. The van der Waals surface area contributed by atoms with Gasteiger partial charge in [0.2, 0.25) is 0 Å². The Hall–Kier alpha value is -1.41. The zero-order valence-corrected chi connectivity index (χ0v) is 14.5. The zero-order chi connectivity index (χ0) is 15.2. The van der Waals surface area contributed by atoms with Crippen molar-refractivity contribution in [3.05, 3.63) is 45.9 Å². The summed E-state index contributed by atoms with van der Waals surface area (Å²) in [6, 6.07) is 8.37. The van der Waals surface area contributed by atoms with Gasteiger partial charge in [0.25, 0.3) is 0 Å². The molecule has 2 aromatic rings. The average molecular weight is 398 g/mol. The van der Waals surface area contributed by atoms with Crippen LogP contribution in [0, 0.1) is 3.57 Å². The van der Waals surface area contributed by atoms with Crippen molar-refractivity contribution in [1.29, 1.82) is 0 Å². The van der Waals surface area contributed by atoms with Gasteiger partial charge in [-0.3, -0.25) is 0 Å². The maximum atomic E-state index is 5.31. The minimum Gasteiger partial charge on any atom is -0.497 e. The van der Waals surface area contributed by atoms with E-state index in [4.69, 9.17) is 4.74 Å². The lowest BCUT2D eigenvalue weighted by atomic mass is 10.1. The van der Waals surface area contributed by atoms with Gasteiger partial charge in [0.15, 0.2) is 0 Å². The monoisotopic (exact) mass is 398 g/mol. The molecule has 0 saturated heterocycles. The van der Waals surface area contributed by atoms with Gasteiger partial charge in [-0.2, -0.15) is 0 Å². The van der Waals surface area contributed by atoms with E-state index in [9.17, 15) is 0 Å². The number of halogens is 1. The molecule has 1 aromatic carbocycles. The van der Waals surface area contributed by atoms with Crippen molar-refractivity contribution >= 4 is 28.4 Å². The number of ether oxygens (including phenoxy) is 1. The van der Waals surface area contributed by atoms with Gasteiger partial charge in [0.1, 0.15) is 17.9 Å². The number of nitrogens with one attached hydrogen (secondary N) is 1. The normalized spacial score (nSPS) is 12.2. The molecule has 0 spiro atoms. The molecule has 2 rings (SSSR count). The van der Waals surface area contributed by atoms with Gasteiger partial charge in [-0.25, -0.2) is 9.97 Å². The largest absolute Gasteiger partial charge is 0.497 e. The first-order chi connectivity index (χ1) is 10.1. The predicted octanol–water partition coefficient (Wildman–Crippen LogP) is 2.80. The molecule has 1 heterocycles. The Kier molecular flexibility index (Phi) is 5.75. The first-order valence-electron chi connectivity index (χ1n) is 6.61. The Labute approximate surface area is 138 Å². The van der Waals surface area contributed by atoms with Crippen LogP contribution >= 0.6 is 22.6 Å². The maximum Gasteiger partial charge on any atom is 0.142 e. The predicted molar refractivity (Wildman–Crippen MR) is 92.7 cm³/mol. The van der Waals surface area contributed by atoms with Crippen molar-refractivity contribution < 1.29 is 4.74 Å². The van der Waals surface area contributed by atoms with Crippen LogP contribution in [0.25, 0.3) is 0 Å². The highest BCUT2D eigenvalue weighted by atomic mass is 127. The molecule has 1 N–H and O–H groups in total. The third kappa shape index (κ3) is 4.28. The Balaban J connectivity index is 2.14. The fourth-order valence-corrected chi connectivity index (χ4v) is 2.57. The van der Waals surface area contributed by atoms with E-state index in [2.05, 4.69) is 69.0 Å². The van der Waals surface area contributed by atoms with Gasteiger partial charge < -0.3 is 15.0 Å². The molecule has 0 radical (unpaired) electrons. The van der Waals surface area contributed by atoms with Gasteiger partial charge in [-0.05, 0) is 54.4 Å². The van der Waals surface area contributed by atoms with Gasteiger partial charge in [-0.15, -0.1) is 0 Å². The Bertz CT molecular complexity index is 591. The number of nitrogens with zero attached hydrogens (tertiary/aromatic N) is 3. The summed E-state index contributed by atoms with van der Waals surface area (Å²) >= 11 is 2.23. The molecular formula is C15H19IN4O. The number of methoxy groups -OCH3 is 1. The minimum atomic E-state index is 0.228. The quantitative estimate of drug-likeness (QED) is 0.759. The second kappa shape index (κ2) is 7.56. The number of anilines is 1. The third-order valence-electron chi connectivity index (χ3n) is 3.23. The van der Waals surface area contributed by atoms with E-state index in [1.807, 2.05) is 12.1 Å². The Morgan fingerprint density at radius 3 is 2.86 bits per heavy atom. The van der Waals surface area contributed by atoms with Crippen LogP contribution in [0.3, 0.4) is 0 Å². The molecule has 1 atom stereocenters. The van der Waals surface area contributed by atoms with Crippen LogP contribution in [0.1, 0.15) is 11.6 Å². The number of aromatic nitrogens is 2. The molecule has 1 aromatic heterocycles. The Morgan fingerprint density at radius 2 is 2.19 bits per heavy atom. The van der Waals surface area contributed by atoms with Crippen molar-refractivity contribution in [2.45, 2.75) is 6.04 Å².